The topological polar surface area (TPSA) is 21.3 Å². The maximum atomic E-state index is 5.46. The summed E-state index contributed by atoms with van der Waals surface area (Å²) < 4.78 is 6.62. The Morgan fingerprint density at radius 2 is 2.24 bits per heavy atom. The summed E-state index contributed by atoms with van der Waals surface area (Å²) in [5, 5.41) is 5.52. The summed E-state index contributed by atoms with van der Waals surface area (Å²) >= 11 is 5.16. The zero-order valence-corrected chi connectivity index (χ0v) is 12.0. The fourth-order valence-corrected chi connectivity index (χ4v) is 2.71. The van der Waals surface area contributed by atoms with Gasteiger partial charge in [-0.05, 0) is 52.0 Å². The Morgan fingerprint density at radius 3 is 2.94 bits per heavy atom. The predicted octanol–water partition coefficient (Wildman–Crippen LogP) is 4.52. The first-order valence-corrected chi connectivity index (χ1v) is 7.15. The molecule has 4 heteroatoms. The number of hydrogen-bond donors (Lipinski definition) is 1. The van der Waals surface area contributed by atoms with Gasteiger partial charge in [-0.3, -0.25) is 0 Å². The summed E-state index contributed by atoms with van der Waals surface area (Å²) in [6.07, 6.45) is 0. The normalized spacial score (nSPS) is 10.2. The molecule has 90 valence electrons. The van der Waals surface area contributed by atoms with Gasteiger partial charge >= 0.3 is 0 Å². The van der Waals surface area contributed by atoms with E-state index in [9.17, 15) is 0 Å². The molecule has 0 bridgehead atoms. The molecule has 1 heterocycles. The quantitative estimate of drug-likeness (QED) is 0.876. The fraction of sp³-hybridized carbons (Fsp3) is 0.231. The summed E-state index contributed by atoms with van der Waals surface area (Å²) in [5.74, 6) is 0.906. The standard InChI is InChI=1S/C13H14BrNOS/c1-2-16-12-5-3-4-11(7-12)15-8-10-6-13(14)17-9-10/h3-7,9,15H,2,8H2,1H3. The molecule has 0 saturated carbocycles. The molecule has 0 fully saturated rings. The van der Waals surface area contributed by atoms with Crippen molar-refractivity contribution in [2.24, 2.45) is 0 Å². The first-order chi connectivity index (χ1) is 8.28. The van der Waals surface area contributed by atoms with Crippen molar-refractivity contribution in [2.45, 2.75) is 13.5 Å². The second kappa shape index (κ2) is 6.07. The predicted molar refractivity (Wildman–Crippen MR) is 77.0 cm³/mol. The van der Waals surface area contributed by atoms with Gasteiger partial charge in [0, 0.05) is 18.3 Å². The van der Waals surface area contributed by atoms with E-state index in [0.717, 1.165) is 21.8 Å². The van der Waals surface area contributed by atoms with Crippen molar-refractivity contribution in [3.05, 3.63) is 45.1 Å². The minimum Gasteiger partial charge on any atom is -0.494 e. The van der Waals surface area contributed by atoms with Gasteiger partial charge in [-0.25, -0.2) is 0 Å². The van der Waals surface area contributed by atoms with Crippen molar-refractivity contribution in [1.29, 1.82) is 0 Å². The van der Waals surface area contributed by atoms with Crippen LogP contribution in [0.2, 0.25) is 0 Å². The van der Waals surface area contributed by atoms with Crippen LogP contribution >= 0.6 is 27.3 Å². The Balaban J connectivity index is 1.96. The average molecular weight is 312 g/mol. The summed E-state index contributed by atoms with van der Waals surface area (Å²) in [4.78, 5) is 0. The van der Waals surface area contributed by atoms with E-state index in [1.807, 2.05) is 31.2 Å². The molecule has 0 unspecified atom stereocenters. The van der Waals surface area contributed by atoms with Crippen molar-refractivity contribution in [3.63, 3.8) is 0 Å². The SMILES string of the molecule is CCOc1cccc(NCc2csc(Br)c2)c1. The maximum Gasteiger partial charge on any atom is 0.121 e. The third-order valence-corrected chi connectivity index (χ3v) is 3.82. The number of hydrogen-bond acceptors (Lipinski definition) is 3. The molecule has 0 radical (unpaired) electrons. The van der Waals surface area contributed by atoms with E-state index < -0.39 is 0 Å². The molecular formula is C13H14BrNOS. The largest absolute Gasteiger partial charge is 0.494 e. The van der Waals surface area contributed by atoms with Gasteiger partial charge < -0.3 is 10.1 Å². The number of halogens is 1. The lowest BCUT2D eigenvalue weighted by molar-refractivity contribution is 0.340. The monoisotopic (exact) mass is 311 g/mol. The van der Waals surface area contributed by atoms with Gasteiger partial charge in [0.05, 0.1) is 10.4 Å². The van der Waals surface area contributed by atoms with Crippen molar-refractivity contribution in [1.82, 2.24) is 0 Å². The molecule has 2 nitrogen and oxygen atoms in total. The minimum absolute atomic E-state index is 0.695. The van der Waals surface area contributed by atoms with Crippen molar-refractivity contribution in [2.75, 3.05) is 11.9 Å². The molecule has 0 saturated heterocycles. The van der Waals surface area contributed by atoms with Crippen LogP contribution in [0, 0.1) is 0 Å². The van der Waals surface area contributed by atoms with Crippen LogP contribution in [0.15, 0.2) is 39.5 Å². The Morgan fingerprint density at radius 1 is 1.35 bits per heavy atom. The highest BCUT2D eigenvalue weighted by Crippen LogP contribution is 2.22. The van der Waals surface area contributed by atoms with Gasteiger partial charge in [0.15, 0.2) is 0 Å². The van der Waals surface area contributed by atoms with Crippen LogP contribution < -0.4 is 10.1 Å². The van der Waals surface area contributed by atoms with E-state index in [2.05, 4.69) is 32.7 Å². The Kier molecular flexibility index (Phi) is 4.45. The molecule has 0 aliphatic carbocycles. The smallest absolute Gasteiger partial charge is 0.121 e. The lowest BCUT2D eigenvalue weighted by Gasteiger charge is -2.07. The van der Waals surface area contributed by atoms with Gasteiger partial charge in [-0.2, -0.15) is 0 Å². The van der Waals surface area contributed by atoms with E-state index in [1.165, 1.54) is 5.56 Å². The van der Waals surface area contributed by atoms with Gasteiger partial charge in [-0.1, -0.05) is 6.07 Å². The molecule has 17 heavy (non-hydrogen) atoms. The molecule has 1 N–H and O–H groups in total. The zero-order chi connectivity index (χ0) is 12.1. The van der Waals surface area contributed by atoms with Crippen molar-refractivity contribution >= 4 is 33.0 Å². The van der Waals surface area contributed by atoms with E-state index >= 15 is 0 Å². The first kappa shape index (κ1) is 12.5. The van der Waals surface area contributed by atoms with Crippen LogP contribution in [-0.4, -0.2) is 6.61 Å². The van der Waals surface area contributed by atoms with E-state index in [4.69, 9.17) is 4.74 Å². The molecule has 0 atom stereocenters. The van der Waals surface area contributed by atoms with Crippen molar-refractivity contribution in [3.8, 4) is 5.75 Å². The molecular weight excluding hydrogens is 298 g/mol. The zero-order valence-electron chi connectivity index (χ0n) is 9.57. The third-order valence-electron chi connectivity index (χ3n) is 2.26. The second-order valence-corrected chi connectivity index (χ2v) is 5.86. The molecule has 0 spiro atoms. The Labute approximate surface area is 114 Å². The molecule has 0 amide bonds. The van der Waals surface area contributed by atoms with Crippen LogP contribution in [0.3, 0.4) is 0 Å². The van der Waals surface area contributed by atoms with E-state index in [-0.39, 0.29) is 0 Å². The lowest BCUT2D eigenvalue weighted by Crippen LogP contribution is -1.98. The highest BCUT2D eigenvalue weighted by molar-refractivity contribution is 9.11. The van der Waals surface area contributed by atoms with Crippen molar-refractivity contribution < 1.29 is 4.74 Å². The van der Waals surface area contributed by atoms with Crippen LogP contribution in [-0.2, 0) is 6.54 Å². The number of thiophene rings is 1. The first-order valence-electron chi connectivity index (χ1n) is 5.47. The highest BCUT2D eigenvalue weighted by Gasteiger charge is 1.99. The molecule has 2 rings (SSSR count). The lowest BCUT2D eigenvalue weighted by atomic mass is 10.3. The number of nitrogens with one attached hydrogen (secondary N) is 1. The molecule has 1 aromatic heterocycles. The van der Waals surface area contributed by atoms with Gasteiger partial charge in [-0.15, -0.1) is 11.3 Å². The number of benzene rings is 1. The van der Waals surface area contributed by atoms with Gasteiger partial charge in [0.25, 0.3) is 0 Å². The van der Waals surface area contributed by atoms with Crippen LogP contribution in [0.4, 0.5) is 5.69 Å². The third kappa shape index (κ3) is 3.75. The minimum atomic E-state index is 0.695. The summed E-state index contributed by atoms with van der Waals surface area (Å²) in [6, 6.07) is 10.2. The van der Waals surface area contributed by atoms with Crippen LogP contribution in [0.1, 0.15) is 12.5 Å². The molecule has 0 aliphatic rings. The second-order valence-electron chi connectivity index (χ2n) is 3.57. The van der Waals surface area contributed by atoms with Gasteiger partial charge in [0.1, 0.15) is 5.75 Å². The van der Waals surface area contributed by atoms with Gasteiger partial charge in [0.2, 0.25) is 0 Å². The average Bonchev–Trinajstić information content (AvgIpc) is 2.74. The fourth-order valence-electron chi connectivity index (χ4n) is 1.51. The van der Waals surface area contributed by atoms with Crippen LogP contribution in [0.5, 0.6) is 5.75 Å². The van der Waals surface area contributed by atoms with Crippen LogP contribution in [0.25, 0.3) is 0 Å². The summed E-state index contributed by atoms with van der Waals surface area (Å²) in [7, 11) is 0. The summed E-state index contributed by atoms with van der Waals surface area (Å²) in [6.45, 7) is 3.52. The Bertz CT molecular complexity index is 484. The van der Waals surface area contributed by atoms with E-state index in [1.54, 1.807) is 11.3 Å². The molecule has 0 aliphatic heterocycles. The number of anilines is 1. The molecule has 2 aromatic rings. The molecule has 1 aromatic carbocycles. The number of ether oxygens (including phenoxy) is 1. The van der Waals surface area contributed by atoms with E-state index in [0.29, 0.717) is 6.61 Å². The Hall–Kier alpha value is -1.00. The number of rotatable bonds is 5. The highest BCUT2D eigenvalue weighted by atomic mass is 79.9. The summed E-state index contributed by atoms with van der Waals surface area (Å²) in [5.41, 5.74) is 2.36. The maximum absolute atomic E-state index is 5.46.